The maximum Gasteiger partial charge on any atom is 0.317 e. The highest BCUT2D eigenvalue weighted by Gasteiger charge is 2.23. The van der Waals surface area contributed by atoms with Crippen LogP contribution in [-0.2, 0) is 16.0 Å². The van der Waals surface area contributed by atoms with Gasteiger partial charge in [-0.05, 0) is 32.3 Å². The molecule has 1 fully saturated rings. The predicted octanol–water partition coefficient (Wildman–Crippen LogP) is 2.21. The minimum atomic E-state index is -0.851. The molecule has 0 saturated carbocycles. The molecule has 7 heteroatoms. The summed E-state index contributed by atoms with van der Waals surface area (Å²) in [5.74, 6) is -0.851. The van der Waals surface area contributed by atoms with Gasteiger partial charge in [0, 0.05) is 45.7 Å². The molecular formula is C21H33N3O4. The van der Waals surface area contributed by atoms with Crippen molar-refractivity contribution in [2.24, 2.45) is 0 Å². The van der Waals surface area contributed by atoms with Gasteiger partial charge in [0.2, 0.25) is 0 Å². The van der Waals surface area contributed by atoms with Crippen LogP contribution in [0, 0.1) is 0 Å². The molecule has 1 saturated heterocycles. The number of urea groups is 1. The van der Waals surface area contributed by atoms with Gasteiger partial charge in [0.25, 0.3) is 0 Å². The van der Waals surface area contributed by atoms with E-state index in [-0.39, 0.29) is 30.7 Å². The van der Waals surface area contributed by atoms with Gasteiger partial charge in [-0.2, -0.15) is 0 Å². The predicted molar refractivity (Wildman–Crippen MR) is 108 cm³/mol. The molecule has 1 unspecified atom stereocenters. The number of rotatable bonds is 9. The van der Waals surface area contributed by atoms with Crippen molar-refractivity contribution in [1.29, 1.82) is 0 Å². The van der Waals surface area contributed by atoms with Crippen molar-refractivity contribution in [3.63, 3.8) is 0 Å². The number of nitrogens with one attached hydrogen (secondary N) is 1. The quantitative estimate of drug-likeness (QED) is 0.674. The van der Waals surface area contributed by atoms with Crippen molar-refractivity contribution in [1.82, 2.24) is 15.1 Å². The topological polar surface area (TPSA) is 82.1 Å². The van der Waals surface area contributed by atoms with Gasteiger partial charge >= 0.3 is 12.0 Å². The summed E-state index contributed by atoms with van der Waals surface area (Å²) in [7, 11) is 1.78. The Morgan fingerprint density at radius 3 is 2.50 bits per heavy atom. The average Bonchev–Trinajstić information content (AvgIpc) is 2.64. The smallest absolute Gasteiger partial charge is 0.317 e. The van der Waals surface area contributed by atoms with Crippen LogP contribution < -0.4 is 5.32 Å². The van der Waals surface area contributed by atoms with Gasteiger partial charge in [-0.25, -0.2) is 4.79 Å². The molecule has 0 aromatic heterocycles. The number of hydrogen-bond donors (Lipinski definition) is 2. The molecule has 1 aromatic carbocycles. The van der Waals surface area contributed by atoms with E-state index >= 15 is 0 Å². The molecular weight excluding hydrogens is 358 g/mol. The molecule has 3 atom stereocenters. The van der Waals surface area contributed by atoms with Crippen LogP contribution in [0.25, 0.3) is 0 Å². The summed E-state index contributed by atoms with van der Waals surface area (Å²) in [5.41, 5.74) is 1.08. The van der Waals surface area contributed by atoms with E-state index in [1.165, 1.54) is 0 Å². The zero-order valence-electron chi connectivity index (χ0n) is 17.1. The summed E-state index contributed by atoms with van der Waals surface area (Å²) in [6.07, 6.45) is 1.46. The lowest BCUT2D eigenvalue weighted by Gasteiger charge is -2.36. The average molecular weight is 392 g/mol. The van der Waals surface area contributed by atoms with Crippen LogP contribution in [0.2, 0.25) is 0 Å². The van der Waals surface area contributed by atoms with Crippen molar-refractivity contribution in [3.05, 3.63) is 35.9 Å². The summed E-state index contributed by atoms with van der Waals surface area (Å²) in [6.45, 7) is 7.28. The number of carboxylic acid groups (broad SMARTS) is 1. The van der Waals surface area contributed by atoms with Gasteiger partial charge in [0.1, 0.15) is 0 Å². The molecule has 0 radical (unpaired) electrons. The summed E-state index contributed by atoms with van der Waals surface area (Å²) in [6, 6.07) is 9.44. The molecule has 28 heavy (non-hydrogen) atoms. The third-order valence-electron chi connectivity index (χ3n) is 4.95. The Labute approximate surface area is 167 Å². The summed E-state index contributed by atoms with van der Waals surface area (Å²) in [5, 5.41) is 12.0. The van der Waals surface area contributed by atoms with Gasteiger partial charge in [-0.1, -0.05) is 30.3 Å². The number of morpholine rings is 1. The summed E-state index contributed by atoms with van der Waals surface area (Å²) in [4.78, 5) is 27.6. The number of amides is 2. The van der Waals surface area contributed by atoms with Gasteiger partial charge in [0.05, 0.1) is 12.2 Å². The first kappa shape index (κ1) is 22.2. The second-order valence-electron chi connectivity index (χ2n) is 7.71. The van der Waals surface area contributed by atoms with Crippen molar-refractivity contribution in [3.8, 4) is 0 Å². The van der Waals surface area contributed by atoms with Gasteiger partial charge < -0.3 is 20.1 Å². The largest absolute Gasteiger partial charge is 0.481 e. The minimum absolute atomic E-state index is 0.0328. The molecule has 1 heterocycles. The van der Waals surface area contributed by atoms with E-state index in [0.29, 0.717) is 19.4 Å². The van der Waals surface area contributed by atoms with Gasteiger partial charge in [-0.15, -0.1) is 0 Å². The van der Waals surface area contributed by atoms with Crippen LogP contribution in [0.1, 0.15) is 32.3 Å². The Bertz CT molecular complexity index is 615. The Morgan fingerprint density at radius 1 is 1.25 bits per heavy atom. The molecule has 2 rings (SSSR count). The number of carbonyl (C=O) groups excluding carboxylic acids is 1. The van der Waals surface area contributed by atoms with Gasteiger partial charge in [-0.3, -0.25) is 9.69 Å². The molecule has 2 amide bonds. The molecule has 156 valence electrons. The van der Waals surface area contributed by atoms with Gasteiger partial charge in [0.15, 0.2) is 0 Å². The molecule has 1 aliphatic rings. The minimum Gasteiger partial charge on any atom is -0.481 e. The fraction of sp³-hybridized carbons (Fsp3) is 0.619. The van der Waals surface area contributed by atoms with Crippen LogP contribution in [0.3, 0.4) is 0 Å². The van der Waals surface area contributed by atoms with Crippen LogP contribution in [0.5, 0.6) is 0 Å². The van der Waals surface area contributed by atoms with Crippen LogP contribution in [-0.4, -0.2) is 78.4 Å². The maximum atomic E-state index is 12.6. The van der Waals surface area contributed by atoms with E-state index in [4.69, 9.17) is 9.84 Å². The fourth-order valence-electron chi connectivity index (χ4n) is 3.57. The summed E-state index contributed by atoms with van der Waals surface area (Å²) < 4.78 is 5.74. The highest BCUT2D eigenvalue weighted by Crippen LogP contribution is 2.11. The first-order valence-electron chi connectivity index (χ1n) is 9.98. The normalized spacial score (nSPS) is 21.1. The molecule has 0 bridgehead atoms. The standard InChI is InChI=1S/C21H33N3O4/c1-16-14-24(15-17(2)28-16)12-11-23(3)21(27)22-19(9-10-20(25)26)13-18-7-5-4-6-8-18/h4-8,16-17,19H,9-15H2,1-3H3,(H,22,27)(H,25,26)/t16-,17+,19?. The lowest BCUT2D eigenvalue weighted by Crippen LogP contribution is -2.50. The monoisotopic (exact) mass is 391 g/mol. The van der Waals surface area contributed by atoms with E-state index < -0.39 is 5.97 Å². The van der Waals surface area contributed by atoms with Crippen LogP contribution in [0.4, 0.5) is 4.79 Å². The number of nitrogens with zero attached hydrogens (tertiary/aromatic N) is 2. The highest BCUT2D eigenvalue weighted by atomic mass is 16.5. The van der Waals surface area contributed by atoms with Crippen molar-refractivity contribution < 1.29 is 19.4 Å². The van der Waals surface area contributed by atoms with Crippen molar-refractivity contribution >= 4 is 12.0 Å². The molecule has 2 N–H and O–H groups in total. The van der Waals surface area contributed by atoms with E-state index in [1.807, 2.05) is 30.3 Å². The first-order valence-corrected chi connectivity index (χ1v) is 9.98. The van der Waals surface area contributed by atoms with Crippen LogP contribution in [0.15, 0.2) is 30.3 Å². The van der Waals surface area contributed by atoms with E-state index in [1.54, 1.807) is 11.9 Å². The van der Waals surface area contributed by atoms with Crippen molar-refractivity contribution in [2.75, 3.05) is 33.2 Å². The molecule has 1 aliphatic heterocycles. The Hall–Kier alpha value is -2.12. The highest BCUT2D eigenvalue weighted by molar-refractivity contribution is 5.74. The van der Waals surface area contributed by atoms with E-state index in [2.05, 4.69) is 24.1 Å². The second-order valence-corrected chi connectivity index (χ2v) is 7.71. The number of ether oxygens (including phenoxy) is 1. The molecule has 7 nitrogen and oxygen atoms in total. The van der Waals surface area contributed by atoms with E-state index in [0.717, 1.165) is 25.2 Å². The zero-order chi connectivity index (χ0) is 20.5. The lowest BCUT2D eigenvalue weighted by molar-refractivity contribution is -0.137. The maximum absolute atomic E-state index is 12.6. The molecule has 0 spiro atoms. The number of carboxylic acids is 1. The molecule has 0 aliphatic carbocycles. The Morgan fingerprint density at radius 2 is 1.89 bits per heavy atom. The number of benzene rings is 1. The van der Waals surface area contributed by atoms with Crippen LogP contribution >= 0.6 is 0 Å². The first-order chi connectivity index (χ1) is 13.3. The number of carbonyl (C=O) groups is 2. The number of aliphatic carboxylic acids is 1. The van der Waals surface area contributed by atoms with Crippen molar-refractivity contribution in [2.45, 2.75) is 51.4 Å². The molecule has 1 aromatic rings. The lowest BCUT2D eigenvalue weighted by atomic mass is 10.0. The fourth-order valence-corrected chi connectivity index (χ4v) is 3.57. The Kier molecular flexibility index (Phi) is 8.73. The zero-order valence-corrected chi connectivity index (χ0v) is 17.1. The van der Waals surface area contributed by atoms with E-state index in [9.17, 15) is 9.59 Å². The third-order valence-corrected chi connectivity index (χ3v) is 4.95. The number of hydrogen-bond acceptors (Lipinski definition) is 4. The summed E-state index contributed by atoms with van der Waals surface area (Å²) >= 11 is 0. The Balaban J connectivity index is 1.85. The second kappa shape index (κ2) is 11.0. The third kappa shape index (κ3) is 7.86. The SMILES string of the molecule is C[C@@H]1CN(CCN(C)C(=O)NC(CCC(=O)O)Cc2ccccc2)C[C@H](C)O1. The number of likely N-dealkylation sites (N-methyl/N-ethyl adjacent to an activating group) is 1.